The van der Waals surface area contributed by atoms with Crippen LogP contribution in [0.1, 0.15) is 17.3 Å². The molecule has 94 valence electrons. The number of anilines is 1. The Morgan fingerprint density at radius 2 is 2.00 bits per heavy atom. The summed E-state index contributed by atoms with van der Waals surface area (Å²) in [5.74, 6) is -0.519. The van der Waals surface area contributed by atoms with Crippen molar-refractivity contribution in [2.75, 3.05) is 12.0 Å². The minimum atomic E-state index is -0.414. The number of nitrogens with one attached hydrogen (secondary N) is 1. The van der Waals surface area contributed by atoms with E-state index in [1.165, 1.54) is 12.0 Å². The fourth-order valence-corrected chi connectivity index (χ4v) is 2.09. The van der Waals surface area contributed by atoms with E-state index in [-0.39, 0.29) is 11.9 Å². The maximum atomic E-state index is 11.9. The maximum Gasteiger partial charge on any atom is 0.337 e. The number of benzene rings is 1. The van der Waals surface area contributed by atoms with Crippen molar-refractivity contribution in [1.29, 1.82) is 0 Å². The van der Waals surface area contributed by atoms with Gasteiger partial charge in [-0.2, -0.15) is 0 Å². The van der Waals surface area contributed by atoms with E-state index in [4.69, 9.17) is 12.2 Å². The highest BCUT2D eigenvalue weighted by Gasteiger charge is 2.33. The molecule has 1 heterocycles. The predicted octanol–water partition coefficient (Wildman–Crippen LogP) is 1.08. The molecule has 1 saturated heterocycles. The Balaban J connectivity index is 2.27. The van der Waals surface area contributed by atoms with Gasteiger partial charge < -0.3 is 10.1 Å². The van der Waals surface area contributed by atoms with Gasteiger partial charge in [0.2, 0.25) is 0 Å². The molecular weight excluding hydrogens is 252 g/mol. The number of hydrogen-bond donors (Lipinski definition) is 1. The van der Waals surface area contributed by atoms with Crippen LogP contribution in [0.2, 0.25) is 0 Å². The Hall–Kier alpha value is -1.95. The molecule has 0 saturated carbocycles. The summed E-state index contributed by atoms with van der Waals surface area (Å²) in [6, 6.07) is 6.20. The first-order chi connectivity index (χ1) is 8.54. The normalized spacial score (nSPS) is 18.8. The minimum Gasteiger partial charge on any atom is -0.465 e. The monoisotopic (exact) mass is 264 g/mol. The number of nitrogens with zero attached hydrogens (tertiary/aromatic N) is 1. The average molecular weight is 264 g/mol. The minimum absolute atomic E-state index is 0.106. The lowest BCUT2D eigenvalue weighted by molar-refractivity contribution is -0.117. The van der Waals surface area contributed by atoms with Crippen molar-refractivity contribution in [3.63, 3.8) is 0 Å². The van der Waals surface area contributed by atoms with Crippen molar-refractivity contribution >= 4 is 34.9 Å². The fourth-order valence-electron chi connectivity index (χ4n) is 1.71. The molecule has 0 bridgehead atoms. The van der Waals surface area contributed by atoms with Gasteiger partial charge in [-0.05, 0) is 43.4 Å². The van der Waals surface area contributed by atoms with Gasteiger partial charge in [-0.15, -0.1) is 0 Å². The topological polar surface area (TPSA) is 58.6 Å². The third kappa shape index (κ3) is 2.06. The number of carbonyl (C=O) groups excluding carboxylic acids is 2. The summed E-state index contributed by atoms with van der Waals surface area (Å²) in [6.07, 6.45) is 0. The molecule has 1 N–H and O–H groups in total. The molecule has 0 aliphatic carbocycles. The zero-order valence-electron chi connectivity index (χ0n) is 9.97. The van der Waals surface area contributed by atoms with Crippen LogP contribution in [0.3, 0.4) is 0 Å². The molecule has 1 aliphatic heterocycles. The van der Waals surface area contributed by atoms with Crippen molar-refractivity contribution < 1.29 is 14.3 Å². The van der Waals surface area contributed by atoms with E-state index in [2.05, 4.69) is 10.1 Å². The number of ether oxygens (including phenoxy) is 1. The molecule has 18 heavy (non-hydrogen) atoms. The highest BCUT2D eigenvalue weighted by Crippen LogP contribution is 2.20. The van der Waals surface area contributed by atoms with Gasteiger partial charge in [-0.3, -0.25) is 9.69 Å². The lowest BCUT2D eigenvalue weighted by atomic mass is 10.2. The smallest absolute Gasteiger partial charge is 0.337 e. The lowest BCUT2D eigenvalue weighted by Gasteiger charge is -2.14. The lowest BCUT2D eigenvalue weighted by Crippen LogP contribution is -2.30. The number of methoxy groups -OCH3 is 1. The van der Waals surface area contributed by atoms with Crippen LogP contribution in [-0.4, -0.2) is 30.1 Å². The van der Waals surface area contributed by atoms with Gasteiger partial charge in [0.1, 0.15) is 6.04 Å². The SMILES string of the molecule is COC(=O)c1ccc(N2C(=O)[C@@H](C)NC2=S)cc1. The first kappa shape index (κ1) is 12.5. The van der Waals surface area contributed by atoms with Crippen molar-refractivity contribution in [3.05, 3.63) is 29.8 Å². The number of amides is 1. The van der Waals surface area contributed by atoms with E-state index in [9.17, 15) is 9.59 Å². The van der Waals surface area contributed by atoms with Gasteiger partial charge in [0.05, 0.1) is 18.4 Å². The van der Waals surface area contributed by atoms with Gasteiger partial charge >= 0.3 is 5.97 Å². The molecule has 0 spiro atoms. The molecule has 1 aromatic rings. The Morgan fingerprint density at radius 1 is 1.39 bits per heavy atom. The Labute approximate surface area is 110 Å². The fraction of sp³-hybridized carbons (Fsp3) is 0.250. The second-order valence-electron chi connectivity index (χ2n) is 3.88. The van der Waals surface area contributed by atoms with Crippen molar-refractivity contribution in [3.8, 4) is 0 Å². The second-order valence-corrected chi connectivity index (χ2v) is 4.27. The molecule has 1 aromatic carbocycles. The summed E-state index contributed by atoms with van der Waals surface area (Å²) in [6.45, 7) is 1.75. The average Bonchev–Trinajstić information content (AvgIpc) is 2.63. The third-order valence-electron chi connectivity index (χ3n) is 2.68. The first-order valence-electron chi connectivity index (χ1n) is 5.37. The zero-order chi connectivity index (χ0) is 13.3. The highest BCUT2D eigenvalue weighted by molar-refractivity contribution is 7.80. The van der Waals surface area contributed by atoms with Crippen molar-refractivity contribution in [2.45, 2.75) is 13.0 Å². The summed E-state index contributed by atoms with van der Waals surface area (Å²) in [4.78, 5) is 24.6. The predicted molar refractivity (Wildman–Crippen MR) is 70.5 cm³/mol. The van der Waals surface area contributed by atoms with E-state index < -0.39 is 5.97 Å². The summed E-state index contributed by atoms with van der Waals surface area (Å²) in [5, 5.41) is 3.25. The van der Waals surface area contributed by atoms with Crippen LogP contribution in [0.15, 0.2) is 24.3 Å². The largest absolute Gasteiger partial charge is 0.465 e. The molecule has 1 amide bonds. The third-order valence-corrected chi connectivity index (χ3v) is 2.98. The molecule has 0 radical (unpaired) electrons. The number of carbonyl (C=O) groups is 2. The number of hydrogen-bond acceptors (Lipinski definition) is 4. The van der Waals surface area contributed by atoms with Gasteiger partial charge in [-0.25, -0.2) is 4.79 Å². The van der Waals surface area contributed by atoms with Crippen LogP contribution < -0.4 is 10.2 Å². The summed E-state index contributed by atoms with van der Waals surface area (Å²) < 4.78 is 4.60. The molecule has 5 nitrogen and oxygen atoms in total. The van der Waals surface area contributed by atoms with Gasteiger partial charge in [0.25, 0.3) is 5.91 Å². The molecule has 1 fully saturated rings. The quantitative estimate of drug-likeness (QED) is 0.640. The van der Waals surface area contributed by atoms with Crippen LogP contribution in [-0.2, 0) is 9.53 Å². The Kier molecular flexibility index (Phi) is 3.29. The van der Waals surface area contributed by atoms with Gasteiger partial charge in [0, 0.05) is 0 Å². The van der Waals surface area contributed by atoms with Crippen LogP contribution in [0.5, 0.6) is 0 Å². The number of thiocarbonyl (C=S) groups is 1. The van der Waals surface area contributed by atoms with E-state index >= 15 is 0 Å². The van der Waals surface area contributed by atoms with Crippen LogP contribution in [0.4, 0.5) is 5.69 Å². The van der Waals surface area contributed by atoms with Crippen LogP contribution >= 0.6 is 12.2 Å². The zero-order valence-corrected chi connectivity index (χ0v) is 10.8. The Bertz CT molecular complexity index is 513. The van der Waals surface area contributed by atoms with Crippen LogP contribution in [0.25, 0.3) is 0 Å². The summed E-state index contributed by atoms with van der Waals surface area (Å²) in [5.41, 5.74) is 1.06. The van der Waals surface area contributed by atoms with Crippen molar-refractivity contribution in [2.24, 2.45) is 0 Å². The first-order valence-corrected chi connectivity index (χ1v) is 5.78. The molecule has 6 heteroatoms. The van der Waals surface area contributed by atoms with E-state index in [0.717, 1.165) is 0 Å². The maximum absolute atomic E-state index is 11.9. The van der Waals surface area contributed by atoms with Crippen molar-refractivity contribution in [1.82, 2.24) is 5.32 Å². The summed E-state index contributed by atoms with van der Waals surface area (Å²) >= 11 is 5.09. The molecule has 0 aromatic heterocycles. The molecule has 1 atom stereocenters. The van der Waals surface area contributed by atoms with E-state index in [0.29, 0.717) is 16.4 Å². The second kappa shape index (κ2) is 4.73. The molecule has 0 unspecified atom stereocenters. The molecule has 2 rings (SSSR count). The summed E-state index contributed by atoms with van der Waals surface area (Å²) in [7, 11) is 1.32. The van der Waals surface area contributed by atoms with Gasteiger partial charge in [-0.1, -0.05) is 0 Å². The number of esters is 1. The van der Waals surface area contributed by atoms with Crippen LogP contribution in [0, 0.1) is 0 Å². The highest BCUT2D eigenvalue weighted by atomic mass is 32.1. The number of rotatable bonds is 2. The van der Waals surface area contributed by atoms with E-state index in [1.54, 1.807) is 31.2 Å². The van der Waals surface area contributed by atoms with Gasteiger partial charge in [0.15, 0.2) is 5.11 Å². The van der Waals surface area contributed by atoms with E-state index in [1.807, 2.05) is 0 Å². The molecule has 1 aliphatic rings. The Morgan fingerprint density at radius 3 is 2.44 bits per heavy atom. The molecular formula is C12H12N2O3S. The standard InChI is InChI=1S/C12H12N2O3S/c1-7-10(15)14(12(18)13-7)9-5-3-8(4-6-9)11(16)17-2/h3-7H,1-2H3,(H,13,18)/t7-/m1/s1.